The van der Waals surface area contributed by atoms with Crippen LogP contribution < -0.4 is 15.4 Å². The highest BCUT2D eigenvalue weighted by molar-refractivity contribution is 5.96. The van der Waals surface area contributed by atoms with Crippen molar-refractivity contribution >= 4 is 22.6 Å². The average Bonchev–Trinajstić information content (AvgIpc) is 3.12. The molecule has 3 aromatic rings. The third kappa shape index (κ3) is 5.61. The molecule has 1 heterocycles. The lowest BCUT2D eigenvalue weighted by atomic mass is 9.82. The van der Waals surface area contributed by atoms with Gasteiger partial charge in [0.2, 0.25) is 0 Å². The van der Waals surface area contributed by atoms with E-state index in [0.717, 1.165) is 65.4 Å². The van der Waals surface area contributed by atoms with E-state index in [1.54, 1.807) is 0 Å². The van der Waals surface area contributed by atoms with Crippen molar-refractivity contribution in [3.8, 4) is 23.1 Å². The number of unbranched alkanes of at least 4 members (excludes halogenated alkanes) is 1. The van der Waals surface area contributed by atoms with Gasteiger partial charge in [0, 0.05) is 29.2 Å². The first-order valence-electron chi connectivity index (χ1n) is 13.9. The van der Waals surface area contributed by atoms with E-state index in [0.29, 0.717) is 11.6 Å². The SMILES string of the molecule is CC(C)NC(=O)Nc1ccc(-c2c(C#N)c3ccc(OCCCCC4CCC4)cc3n2C2CCC2)cc1. The summed E-state index contributed by atoms with van der Waals surface area (Å²) in [7, 11) is 0. The minimum Gasteiger partial charge on any atom is -0.494 e. The summed E-state index contributed by atoms with van der Waals surface area (Å²) in [5.41, 5.74) is 4.43. The molecule has 0 bridgehead atoms. The Morgan fingerprint density at radius 2 is 1.84 bits per heavy atom. The average molecular weight is 499 g/mol. The van der Waals surface area contributed by atoms with Gasteiger partial charge in [-0.3, -0.25) is 0 Å². The number of carbonyl (C=O) groups is 1. The van der Waals surface area contributed by atoms with Gasteiger partial charge >= 0.3 is 6.03 Å². The molecule has 2 N–H and O–H groups in total. The topological polar surface area (TPSA) is 79.1 Å². The number of aromatic nitrogens is 1. The molecule has 2 saturated carbocycles. The maximum absolute atomic E-state index is 12.1. The van der Waals surface area contributed by atoms with Crippen LogP contribution in [0, 0.1) is 17.2 Å². The molecular formula is C31H38N4O2. The quantitative estimate of drug-likeness (QED) is 0.280. The molecule has 0 unspecified atom stereocenters. The van der Waals surface area contributed by atoms with Crippen LogP contribution in [-0.4, -0.2) is 23.2 Å². The molecule has 0 saturated heterocycles. The van der Waals surface area contributed by atoms with Gasteiger partial charge in [-0.05, 0) is 81.7 Å². The fourth-order valence-corrected chi connectivity index (χ4v) is 5.45. The van der Waals surface area contributed by atoms with E-state index in [1.807, 2.05) is 50.2 Å². The molecule has 2 aliphatic rings. The molecule has 37 heavy (non-hydrogen) atoms. The second-order valence-electron chi connectivity index (χ2n) is 10.9. The third-order valence-electron chi connectivity index (χ3n) is 7.86. The van der Waals surface area contributed by atoms with Gasteiger partial charge in [-0.1, -0.05) is 37.8 Å². The third-order valence-corrected chi connectivity index (χ3v) is 7.86. The van der Waals surface area contributed by atoms with Crippen molar-refractivity contribution in [1.29, 1.82) is 5.26 Å². The van der Waals surface area contributed by atoms with Gasteiger partial charge in [-0.2, -0.15) is 5.26 Å². The zero-order valence-corrected chi connectivity index (χ0v) is 22.1. The lowest BCUT2D eigenvalue weighted by Gasteiger charge is -2.30. The van der Waals surface area contributed by atoms with E-state index in [9.17, 15) is 10.1 Å². The number of benzene rings is 2. The van der Waals surface area contributed by atoms with Gasteiger partial charge in [0.05, 0.1) is 23.4 Å². The zero-order valence-electron chi connectivity index (χ0n) is 22.1. The van der Waals surface area contributed by atoms with E-state index in [2.05, 4.69) is 27.3 Å². The van der Waals surface area contributed by atoms with Crippen molar-refractivity contribution in [2.24, 2.45) is 5.92 Å². The molecule has 2 amide bonds. The number of nitrogens with zero attached hydrogens (tertiary/aromatic N) is 2. The Morgan fingerprint density at radius 1 is 1.08 bits per heavy atom. The number of anilines is 1. The number of nitriles is 1. The van der Waals surface area contributed by atoms with Crippen LogP contribution in [0.25, 0.3) is 22.2 Å². The Labute approximate surface area is 220 Å². The Balaban J connectivity index is 1.39. The number of hydrogen-bond donors (Lipinski definition) is 2. The maximum Gasteiger partial charge on any atom is 0.319 e. The van der Waals surface area contributed by atoms with E-state index >= 15 is 0 Å². The first-order chi connectivity index (χ1) is 18.0. The number of ether oxygens (including phenoxy) is 1. The molecule has 0 aliphatic heterocycles. The lowest BCUT2D eigenvalue weighted by Crippen LogP contribution is -2.34. The second kappa shape index (κ2) is 11.3. The molecule has 2 aliphatic carbocycles. The first kappa shape index (κ1) is 25.2. The molecular weight excluding hydrogens is 460 g/mol. The van der Waals surface area contributed by atoms with Gasteiger partial charge in [-0.25, -0.2) is 4.79 Å². The number of hydrogen-bond acceptors (Lipinski definition) is 3. The maximum atomic E-state index is 12.1. The van der Waals surface area contributed by atoms with Crippen LogP contribution in [0.1, 0.15) is 83.2 Å². The monoisotopic (exact) mass is 498 g/mol. The molecule has 0 radical (unpaired) electrons. The summed E-state index contributed by atoms with van der Waals surface area (Å²) in [5, 5.41) is 16.9. The standard InChI is InChI=1S/C31H38N4O2/c1-21(2)33-31(36)34-24-14-12-23(13-15-24)30-28(20-32)27-17-16-26(19-29(27)35(30)25-10-6-11-25)37-18-4-3-7-22-8-5-9-22/h12-17,19,21-22,25H,3-11,18H2,1-2H3,(H2,33,34,36). The molecule has 6 heteroatoms. The molecule has 5 rings (SSSR count). The van der Waals surface area contributed by atoms with E-state index in [1.165, 1.54) is 38.5 Å². The van der Waals surface area contributed by atoms with Gasteiger partial charge < -0.3 is 19.9 Å². The van der Waals surface area contributed by atoms with Crippen LogP contribution in [0.3, 0.4) is 0 Å². The summed E-state index contributed by atoms with van der Waals surface area (Å²) < 4.78 is 8.52. The summed E-state index contributed by atoms with van der Waals surface area (Å²) in [6.45, 7) is 4.59. The van der Waals surface area contributed by atoms with Crippen molar-refractivity contribution in [2.75, 3.05) is 11.9 Å². The Morgan fingerprint density at radius 3 is 2.46 bits per heavy atom. The van der Waals surface area contributed by atoms with Crippen LogP contribution in [0.2, 0.25) is 0 Å². The fourth-order valence-electron chi connectivity index (χ4n) is 5.45. The normalized spacial score (nSPS) is 15.7. The molecule has 2 aromatic carbocycles. The number of urea groups is 1. The van der Waals surface area contributed by atoms with Crippen LogP contribution >= 0.6 is 0 Å². The highest BCUT2D eigenvalue weighted by Gasteiger charge is 2.28. The summed E-state index contributed by atoms with van der Waals surface area (Å²) in [6.07, 6.45) is 11.3. The van der Waals surface area contributed by atoms with E-state index in [4.69, 9.17) is 4.74 Å². The largest absolute Gasteiger partial charge is 0.494 e. The summed E-state index contributed by atoms with van der Waals surface area (Å²) in [4.78, 5) is 12.1. The summed E-state index contributed by atoms with van der Waals surface area (Å²) in [6, 6.07) is 16.7. The molecule has 0 spiro atoms. The zero-order chi connectivity index (χ0) is 25.8. The summed E-state index contributed by atoms with van der Waals surface area (Å²) >= 11 is 0. The fraction of sp³-hybridized carbons (Fsp3) is 0.484. The number of amides is 2. The number of rotatable bonds is 10. The Hall–Kier alpha value is -3.46. The Kier molecular flexibility index (Phi) is 7.69. The summed E-state index contributed by atoms with van der Waals surface area (Å²) in [5.74, 6) is 1.83. The second-order valence-corrected chi connectivity index (χ2v) is 10.9. The highest BCUT2D eigenvalue weighted by atomic mass is 16.5. The minimum atomic E-state index is -0.223. The minimum absolute atomic E-state index is 0.0665. The van der Waals surface area contributed by atoms with E-state index in [-0.39, 0.29) is 12.1 Å². The van der Waals surface area contributed by atoms with Crippen molar-refractivity contribution in [3.05, 3.63) is 48.0 Å². The van der Waals surface area contributed by atoms with E-state index < -0.39 is 0 Å². The van der Waals surface area contributed by atoms with Gasteiger partial charge in [-0.15, -0.1) is 0 Å². The van der Waals surface area contributed by atoms with Gasteiger partial charge in [0.25, 0.3) is 0 Å². The van der Waals surface area contributed by atoms with Crippen LogP contribution in [0.4, 0.5) is 10.5 Å². The number of carbonyl (C=O) groups excluding carboxylic acids is 1. The van der Waals surface area contributed by atoms with Crippen LogP contribution in [0.15, 0.2) is 42.5 Å². The van der Waals surface area contributed by atoms with Crippen molar-refractivity contribution in [2.45, 2.75) is 83.7 Å². The van der Waals surface area contributed by atoms with Crippen LogP contribution in [0.5, 0.6) is 5.75 Å². The first-order valence-corrected chi connectivity index (χ1v) is 13.9. The molecule has 6 nitrogen and oxygen atoms in total. The molecule has 1 aromatic heterocycles. The lowest BCUT2D eigenvalue weighted by molar-refractivity contribution is 0.250. The number of fused-ring (bicyclic) bond motifs is 1. The van der Waals surface area contributed by atoms with Crippen molar-refractivity contribution in [3.63, 3.8) is 0 Å². The molecule has 2 fully saturated rings. The molecule has 194 valence electrons. The van der Waals surface area contributed by atoms with Crippen molar-refractivity contribution in [1.82, 2.24) is 9.88 Å². The van der Waals surface area contributed by atoms with Gasteiger partial charge in [0.15, 0.2) is 0 Å². The predicted molar refractivity (Wildman–Crippen MR) is 149 cm³/mol. The van der Waals surface area contributed by atoms with Crippen LogP contribution in [-0.2, 0) is 0 Å². The number of nitrogens with one attached hydrogen (secondary N) is 2. The van der Waals surface area contributed by atoms with Gasteiger partial charge in [0.1, 0.15) is 11.8 Å². The highest BCUT2D eigenvalue weighted by Crippen LogP contribution is 2.43. The predicted octanol–water partition coefficient (Wildman–Crippen LogP) is 7.78. The smallest absolute Gasteiger partial charge is 0.319 e. The van der Waals surface area contributed by atoms with Crippen molar-refractivity contribution < 1.29 is 9.53 Å². The molecule has 0 atom stereocenters. The Bertz CT molecular complexity index is 1280.